The Morgan fingerprint density at radius 2 is 2.00 bits per heavy atom. The first kappa shape index (κ1) is 13.0. The van der Waals surface area contributed by atoms with Gasteiger partial charge in [0.1, 0.15) is 17.6 Å². The van der Waals surface area contributed by atoms with Crippen molar-refractivity contribution in [2.24, 2.45) is 0 Å². The van der Waals surface area contributed by atoms with Crippen molar-refractivity contribution in [1.82, 2.24) is 4.98 Å². The Balaban J connectivity index is 2.37. The summed E-state index contributed by atoms with van der Waals surface area (Å²) in [5, 5.41) is 8.70. The lowest BCUT2D eigenvalue weighted by atomic mass is 10.1. The molecule has 0 fully saturated rings. The molecule has 1 aromatic heterocycles. The lowest BCUT2D eigenvalue weighted by molar-refractivity contribution is 0.241. The first-order valence-corrected chi connectivity index (χ1v) is 5.92. The van der Waals surface area contributed by atoms with E-state index in [4.69, 9.17) is 10.00 Å². The zero-order valence-electron chi connectivity index (χ0n) is 10.7. The molecular weight excluding hydrogens is 243 g/mol. The fraction of sp³-hybridized carbons (Fsp3) is 0.200. The van der Waals surface area contributed by atoms with Crippen molar-refractivity contribution in [3.8, 4) is 22.9 Å². The van der Waals surface area contributed by atoms with Crippen molar-refractivity contribution in [1.29, 1.82) is 5.26 Å². The van der Waals surface area contributed by atoms with Crippen molar-refractivity contribution >= 4 is 0 Å². The second-order valence-corrected chi connectivity index (χ2v) is 4.38. The SMILES string of the molecule is CC(C)Oc1cncc(-c2ccc(C#N)c(F)c2)c1. The first-order valence-electron chi connectivity index (χ1n) is 5.92. The third-order valence-corrected chi connectivity index (χ3v) is 2.51. The van der Waals surface area contributed by atoms with Gasteiger partial charge in [0, 0.05) is 11.8 Å². The highest BCUT2D eigenvalue weighted by molar-refractivity contribution is 5.64. The average Bonchev–Trinajstić information content (AvgIpc) is 2.38. The van der Waals surface area contributed by atoms with E-state index in [2.05, 4.69) is 4.98 Å². The van der Waals surface area contributed by atoms with Gasteiger partial charge in [-0.15, -0.1) is 0 Å². The summed E-state index contributed by atoms with van der Waals surface area (Å²) in [7, 11) is 0. The van der Waals surface area contributed by atoms with E-state index in [1.165, 1.54) is 12.1 Å². The van der Waals surface area contributed by atoms with Crippen molar-refractivity contribution in [3.63, 3.8) is 0 Å². The van der Waals surface area contributed by atoms with Crippen molar-refractivity contribution < 1.29 is 9.13 Å². The molecule has 0 bridgehead atoms. The molecule has 0 aliphatic carbocycles. The molecule has 0 unspecified atom stereocenters. The van der Waals surface area contributed by atoms with Gasteiger partial charge in [-0.25, -0.2) is 4.39 Å². The lowest BCUT2D eigenvalue weighted by Gasteiger charge is -2.10. The van der Waals surface area contributed by atoms with Crippen LogP contribution < -0.4 is 4.74 Å². The smallest absolute Gasteiger partial charge is 0.141 e. The minimum Gasteiger partial charge on any atom is -0.489 e. The number of aromatic nitrogens is 1. The second-order valence-electron chi connectivity index (χ2n) is 4.38. The fourth-order valence-corrected chi connectivity index (χ4v) is 1.70. The third-order valence-electron chi connectivity index (χ3n) is 2.51. The third kappa shape index (κ3) is 3.08. The van der Waals surface area contributed by atoms with E-state index in [0.29, 0.717) is 11.3 Å². The Morgan fingerprint density at radius 1 is 1.21 bits per heavy atom. The summed E-state index contributed by atoms with van der Waals surface area (Å²) in [4.78, 5) is 4.07. The van der Waals surface area contributed by atoms with Gasteiger partial charge >= 0.3 is 0 Å². The van der Waals surface area contributed by atoms with E-state index in [-0.39, 0.29) is 11.7 Å². The maximum Gasteiger partial charge on any atom is 0.141 e. The molecule has 0 spiro atoms. The summed E-state index contributed by atoms with van der Waals surface area (Å²) < 4.78 is 19.1. The molecule has 0 aliphatic rings. The molecule has 0 atom stereocenters. The summed E-state index contributed by atoms with van der Waals surface area (Å²) in [5.74, 6) is 0.104. The zero-order valence-corrected chi connectivity index (χ0v) is 10.7. The van der Waals surface area contributed by atoms with E-state index in [1.807, 2.05) is 13.8 Å². The predicted molar refractivity (Wildman–Crippen MR) is 70.1 cm³/mol. The standard InChI is InChI=1S/C15H13FN2O/c1-10(2)19-14-5-13(8-18-9-14)11-3-4-12(7-17)15(16)6-11/h3-6,8-10H,1-2H3. The molecule has 0 aliphatic heterocycles. The van der Waals surface area contributed by atoms with E-state index < -0.39 is 5.82 Å². The van der Waals surface area contributed by atoms with Gasteiger partial charge in [-0.2, -0.15) is 5.26 Å². The monoisotopic (exact) mass is 256 g/mol. The molecule has 1 aromatic carbocycles. The van der Waals surface area contributed by atoms with Crippen LogP contribution in [0.2, 0.25) is 0 Å². The van der Waals surface area contributed by atoms with Crippen molar-refractivity contribution in [2.75, 3.05) is 0 Å². The van der Waals surface area contributed by atoms with Gasteiger partial charge in [0.25, 0.3) is 0 Å². The highest BCUT2D eigenvalue weighted by Crippen LogP contribution is 2.24. The number of nitriles is 1. The minimum absolute atomic E-state index is 0.0336. The Hall–Kier alpha value is -2.41. The Bertz CT molecular complexity index is 632. The molecule has 0 saturated carbocycles. The molecule has 0 N–H and O–H groups in total. The molecular formula is C15H13FN2O. The number of ether oxygens (including phenoxy) is 1. The van der Waals surface area contributed by atoms with Gasteiger partial charge in [-0.3, -0.25) is 4.98 Å². The van der Waals surface area contributed by atoms with Gasteiger partial charge in [0.2, 0.25) is 0 Å². The van der Waals surface area contributed by atoms with E-state index >= 15 is 0 Å². The summed E-state index contributed by atoms with van der Waals surface area (Å²) in [6, 6.07) is 8.07. The molecule has 0 saturated heterocycles. The van der Waals surface area contributed by atoms with Gasteiger partial charge in [-0.1, -0.05) is 6.07 Å². The molecule has 3 nitrogen and oxygen atoms in total. The molecule has 0 radical (unpaired) electrons. The zero-order chi connectivity index (χ0) is 13.8. The highest BCUT2D eigenvalue weighted by Gasteiger charge is 2.06. The van der Waals surface area contributed by atoms with Crippen LogP contribution in [0.15, 0.2) is 36.7 Å². The van der Waals surface area contributed by atoms with Crippen LogP contribution in [0.5, 0.6) is 5.75 Å². The van der Waals surface area contributed by atoms with E-state index in [9.17, 15) is 4.39 Å². The van der Waals surface area contributed by atoms with Crippen LogP contribution in [-0.4, -0.2) is 11.1 Å². The van der Waals surface area contributed by atoms with E-state index in [1.54, 1.807) is 30.6 Å². The molecule has 2 rings (SSSR count). The maximum atomic E-state index is 13.6. The topological polar surface area (TPSA) is 45.9 Å². The number of benzene rings is 1. The van der Waals surface area contributed by atoms with Crippen LogP contribution >= 0.6 is 0 Å². The number of hydrogen-bond donors (Lipinski definition) is 0. The van der Waals surface area contributed by atoms with Crippen LogP contribution in [0.3, 0.4) is 0 Å². The predicted octanol–water partition coefficient (Wildman–Crippen LogP) is 3.55. The van der Waals surface area contributed by atoms with Crippen LogP contribution in [0.1, 0.15) is 19.4 Å². The molecule has 1 heterocycles. The Labute approximate surface area is 111 Å². The lowest BCUT2D eigenvalue weighted by Crippen LogP contribution is -2.05. The van der Waals surface area contributed by atoms with Crippen LogP contribution in [0.4, 0.5) is 4.39 Å². The summed E-state index contributed by atoms with van der Waals surface area (Å²) in [6.45, 7) is 3.85. The molecule has 4 heteroatoms. The minimum atomic E-state index is -0.532. The average molecular weight is 256 g/mol. The number of halogens is 1. The molecule has 19 heavy (non-hydrogen) atoms. The summed E-state index contributed by atoms with van der Waals surface area (Å²) >= 11 is 0. The number of pyridine rings is 1. The normalized spacial score (nSPS) is 10.3. The maximum absolute atomic E-state index is 13.6. The second kappa shape index (κ2) is 5.49. The Morgan fingerprint density at radius 3 is 2.63 bits per heavy atom. The van der Waals surface area contributed by atoms with Gasteiger partial charge < -0.3 is 4.74 Å². The van der Waals surface area contributed by atoms with Gasteiger partial charge in [0.15, 0.2) is 0 Å². The number of rotatable bonds is 3. The fourth-order valence-electron chi connectivity index (χ4n) is 1.70. The summed E-state index contributed by atoms with van der Waals surface area (Å²) in [5.41, 5.74) is 1.45. The van der Waals surface area contributed by atoms with Crippen molar-refractivity contribution in [2.45, 2.75) is 20.0 Å². The number of nitrogens with zero attached hydrogens (tertiary/aromatic N) is 2. The van der Waals surface area contributed by atoms with Crippen molar-refractivity contribution in [3.05, 3.63) is 48.0 Å². The molecule has 96 valence electrons. The summed E-state index contributed by atoms with van der Waals surface area (Å²) in [6.07, 6.45) is 3.30. The van der Waals surface area contributed by atoms with Crippen LogP contribution in [0.25, 0.3) is 11.1 Å². The van der Waals surface area contributed by atoms with Gasteiger partial charge in [-0.05, 0) is 37.6 Å². The first-order chi connectivity index (χ1) is 9.10. The highest BCUT2D eigenvalue weighted by atomic mass is 19.1. The molecule has 0 amide bonds. The Kier molecular flexibility index (Phi) is 3.76. The van der Waals surface area contributed by atoms with E-state index in [0.717, 1.165) is 5.56 Å². The molecule has 2 aromatic rings. The largest absolute Gasteiger partial charge is 0.489 e. The van der Waals surface area contributed by atoms with Gasteiger partial charge in [0.05, 0.1) is 17.9 Å². The van der Waals surface area contributed by atoms with Crippen LogP contribution in [-0.2, 0) is 0 Å². The van der Waals surface area contributed by atoms with Crippen LogP contribution in [0, 0.1) is 17.1 Å². The number of hydrogen-bond acceptors (Lipinski definition) is 3. The quantitative estimate of drug-likeness (QED) is 0.843.